The molecule has 0 aromatic heterocycles. The van der Waals surface area contributed by atoms with Crippen molar-refractivity contribution < 1.29 is 33.0 Å². The number of benzene rings is 1. The highest BCUT2D eigenvalue weighted by Gasteiger charge is 2.55. The molecule has 7 nitrogen and oxygen atoms in total. The molecular formula is C30H48O7Si. The number of aldehydes is 1. The summed E-state index contributed by atoms with van der Waals surface area (Å²) in [4.78, 5) is 24.1. The summed E-state index contributed by atoms with van der Waals surface area (Å²) < 4.78 is 31.0. The zero-order chi connectivity index (χ0) is 28.6. The number of ketones is 1. The fourth-order valence-corrected chi connectivity index (χ4v) is 5.85. The molecule has 0 unspecified atom stereocenters. The molecule has 38 heavy (non-hydrogen) atoms. The highest BCUT2D eigenvalue weighted by atomic mass is 28.4. The van der Waals surface area contributed by atoms with E-state index in [1.807, 2.05) is 51.1 Å². The quantitative estimate of drug-likeness (QED) is 0.0898. The topological polar surface area (TPSA) is 80.3 Å². The van der Waals surface area contributed by atoms with Gasteiger partial charge in [0.05, 0.1) is 24.9 Å². The first-order valence-electron chi connectivity index (χ1n) is 13.5. The van der Waals surface area contributed by atoms with Crippen LogP contribution in [0.4, 0.5) is 0 Å². The second-order valence-electron chi connectivity index (χ2n) is 12.2. The van der Waals surface area contributed by atoms with Crippen LogP contribution in [0.3, 0.4) is 0 Å². The Morgan fingerprint density at radius 3 is 2.39 bits per heavy atom. The molecule has 0 spiro atoms. The second-order valence-corrected chi connectivity index (χ2v) is 17.0. The van der Waals surface area contributed by atoms with Gasteiger partial charge >= 0.3 is 0 Å². The Kier molecular flexibility index (Phi) is 11.6. The van der Waals surface area contributed by atoms with Gasteiger partial charge in [-0.3, -0.25) is 9.59 Å². The van der Waals surface area contributed by atoms with E-state index in [1.54, 1.807) is 6.08 Å². The summed E-state index contributed by atoms with van der Waals surface area (Å²) in [5.74, 6) is -1.61. The number of ether oxygens (including phenoxy) is 4. The Balaban J connectivity index is 2.19. The number of carbonyl (C=O) groups excluding carboxylic acids is 2. The van der Waals surface area contributed by atoms with E-state index in [9.17, 15) is 9.59 Å². The molecule has 4 atom stereocenters. The minimum Gasteiger partial charge on any atom is -0.411 e. The lowest BCUT2D eigenvalue weighted by molar-refractivity contribution is -0.285. The summed E-state index contributed by atoms with van der Waals surface area (Å²) in [5, 5.41) is 0.00999. The van der Waals surface area contributed by atoms with Crippen LogP contribution in [0, 0.1) is 5.41 Å². The second kappa shape index (κ2) is 13.6. The number of rotatable bonds is 14. The third kappa shape index (κ3) is 8.16. The van der Waals surface area contributed by atoms with Gasteiger partial charge in [-0.2, -0.15) is 0 Å². The molecule has 0 amide bonds. The van der Waals surface area contributed by atoms with Crippen LogP contribution in [-0.4, -0.2) is 58.4 Å². The van der Waals surface area contributed by atoms with Crippen LogP contribution in [0.2, 0.25) is 18.1 Å². The van der Waals surface area contributed by atoms with Crippen molar-refractivity contribution in [1.82, 2.24) is 0 Å². The van der Waals surface area contributed by atoms with E-state index in [2.05, 4.69) is 33.9 Å². The van der Waals surface area contributed by atoms with Crippen LogP contribution in [0.15, 0.2) is 42.5 Å². The van der Waals surface area contributed by atoms with E-state index in [1.165, 1.54) is 13.2 Å². The molecule has 0 bridgehead atoms. The third-order valence-corrected chi connectivity index (χ3v) is 12.4. The van der Waals surface area contributed by atoms with E-state index in [-0.39, 0.29) is 35.9 Å². The molecule has 1 fully saturated rings. The zero-order valence-corrected chi connectivity index (χ0v) is 25.7. The molecule has 0 radical (unpaired) electrons. The Hall–Kier alpha value is -1.68. The van der Waals surface area contributed by atoms with Crippen molar-refractivity contribution in [3.8, 4) is 0 Å². The van der Waals surface area contributed by atoms with E-state index in [0.717, 1.165) is 5.56 Å². The third-order valence-electron chi connectivity index (χ3n) is 7.92. The van der Waals surface area contributed by atoms with Crippen LogP contribution in [0.1, 0.15) is 66.4 Å². The summed E-state index contributed by atoms with van der Waals surface area (Å²) in [5.41, 5.74) is 0.238. The standard InChI is InChI=1S/C30H48O7Si/c1-23(35-22-34-21-24-14-11-10-12-15-24)26(37-38(8,9)28(2,3)4)20-25-16-17-27(32)30(33-7,36-25)29(5,6)18-13-19-31/h10-15,18-19,23,25-26H,16-17,20-22H2,1-9H3/b18-13+/t23-,25+,26-,30-/m1/s1. The molecule has 1 aromatic rings. The lowest BCUT2D eigenvalue weighted by Crippen LogP contribution is -2.59. The highest BCUT2D eigenvalue weighted by molar-refractivity contribution is 6.74. The largest absolute Gasteiger partial charge is 0.411 e. The lowest BCUT2D eigenvalue weighted by atomic mass is 9.77. The fourth-order valence-electron chi connectivity index (χ4n) is 4.45. The highest BCUT2D eigenvalue weighted by Crippen LogP contribution is 2.44. The molecule has 1 aromatic carbocycles. The first-order chi connectivity index (χ1) is 17.7. The van der Waals surface area contributed by atoms with Crippen LogP contribution >= 0.6 is 0 Å². The molecule has 0 N–H and O–H groups in total. The first-order valence-corrected chi connectivity index (χ1v) is 16.4. The van der Waals surface area contributed by atoms with Crippen molar-refractivity contribution in [2.45, 2.75) is 110 Å². The normalized spacial score (nSPS) is 23.0. The van der Waals surface area contributed by atoms with E-state index in [0.29, 0.717) is 32.2 Å². The van der Waals surface area contributed by atoms with E-state index < -0.39 is 19.5 Å². The van der Waals surface area contributed by atoms with Crippen molar-refractivity contribution in [3.05, 3.63) is 48.0 Å². The van der Waals surface area contributed by atoms with E-state index >= 15 is 0 Å². The molecule has 0 saturated carbocycles. The minimum atomic E-state index is -2.15. The average molecular weight is 549 g/mol. The van der Waals surface area contributed by atoms with Gasteiger partial charge in [0, 0.05) is 25.4 Å². The molecule has 1 aliphatic heterocycles. The van der Waals surface area contributed by atoms with Crippen LogP contribution in [-0.2, 0) is 39.6 Å². The predicted molar refractivity (Wildman–Crippen MR) is 151 cm³/mol. The fraction of sp³-hybridized carbons (Fsp3) is 0.667. The number of allylic oxidation sites excluding steroid dienone is 1. The Labute approximate surface area is 230 Å². The molecule has 1 aliphatic rings. The Bertz CT molecular complexity index is 922. The summed E-state index contributed by atoms with van der Waals surface area (Å²) in [7, 11) is -0.669. The molecule has 214 valence electrons. The van der Waals surface area contributed by atoms with Crippen molar-refractivity contribution in [2.24, 2.45) is 5.41 Å². The number of hydrogen-bond acceptors (Lipinski definition) is 7. The number of carbonyl (C=O) groups is 2. The Morgan fingerprint density at radius 1 is 1.16 bits per heavy atom. The van der Waals surface area contributed by atoms with Crippen LogP contribution in [0.5, 0.6) is 0 Å². The van der Waals surface area contributed by atoms with Crippen molar-refractivity contribution in [2.75, 3.05) is 13.9 Å². The summed E-state index contributed by atoms with van der Waals surface area (Å²) >= 11 is 0. The van der Waals surface area contributed by atoms with Gasteiger partial charge in [-0.25, -0.2) is 0 Å². The Morgan fingerprint density at radius 2 is 1.82 bits per heavy atom. The van der Waals surface area contributed by atoms with Gasteiger partial charge in [-0.05, 0) is 43.1 Å². The van der Waals surface area contributed by atoms with Gasteiger partial charge in [-0.1, -0.05) is 71.0 Å². The maximum Gasteiger partial charge on any atom is 0.237 e. The van der Waals surface area contributed by atoms with Crippen molar-refractivity contribution >= 4 is 20.4 Å². The number of Topliss-reactive ketones (excluding diaryl/α,β-unsaturated/α-hetero) is 1. The van der Waals surface area contributed by atoms with Crippen LogP contribution in [0.25, 0.3) is 0 Å². The molecule has 8 heteroatoms. The minimum absolute atomic E-state index is 0.00999. The van der Waals surface area contributed by atoms with Gasteiger partial charge in [0.15, 0.2) is 14.1 Å². The lowest BCUT2D eigenvalue weighted by Gasteiger charge is -2.48. The van der Waals surface area contributed by atoms with Crippen LogP contribution < -0.4 is 0 Å². The summed E-state index contributed by atoms with van der Waals surface area (Å²) in [6.45, 7) is 17.4. The van der Waals surface area contributed by atoms with Crippen molar-refractivity contribution in [1.29, 1.82) is 0 Å². The number of methoxy groups -OCH3 is 1. The maximum absolute atomic E-state index is 13.1. The van der Waals surface area contributed by atoms with Gasteiger partial charge < -0.3 is 23.4 Å². The average Bonchev–Trinajstić information content (AvgIpc) is 2.85. The molecule has 1 heterocycles. The summed E-state index contributed by atoms with van der Waals surface area (Å²) in [6.07, 6.45) is 4.35. The molecule has 2 rings (SSSR count). The van der Waals surface area contributed by atoms with E-state index in [4.69, 9.17) is 23.4 Å². The molecule has 0 aliphatic carbocycles. The monoisotopic (exact) mass is 548 g/mol. The smallest absolute Gasteiger partial charge is 0.237 e. The predicted octanol–water partition coefficient (Wildman–Crippen LogP) is 6.22. The first kappa shape index (κ1) is 32.5. The number of hydrogen-bond donors (Lipinski definition) is 0. The van der Waals surface area contributed by atoms with Gasteiger partial charge in [-0.15, -0.1) is 0 Å². The van der Waals surface area contributed by atoms with Gasteiger partial charge in [0.1, 0.15) is 13.1 Å². The van der Waals surface area contributed by atoms with Crippen molar-refractivity contribution in [3.63, 3.8) is 0 Å². The molecule has 1 saturated heterocycles. The maximum atomic E-state index is 13.1. The summed E-state index contributed by atoms with van der Waals surface area (Å²) in [6, 6.07) is 9.97. The van der Waals surface area contributed by atoms with Gasteiger partial charge in [0.2, 0.25) is 5.79 Å². The molecular weight excluding hydrogens is 500 g/mol. The SMILES string of the molecule is CO[C@@]1(C(C)(C)/C=C/C=O)O[C@H](C[C@@H](O[Si](C)(C)C(C)(C)C)[C@@H](C)OCOCc2ccccc2)CCC1=O. The zero-order valence-electron chi connectivity index (χ0n) is 24.7. The van der Waals surface area contributed by atoms with Gasteiger partial charge in [0.25, 0.3) is 0 Å².